The highest BCUT2D eigenvalue weighted by Crippen LogP contribution is 2.38. The number of nitrogens with zero attached hydrogens (tertiary/aromatic N) is 2. The highest BCUT2D eigenvalue weighted by atomic mass is 16.5. The molecule has 2 heterocycles. The molecule has 2 fully saturated rings. The first-order chi connectivity index (χ1) is 11.8. The molecule has 5 heteroatoms. The summed E-state index contributed by atoms with van der Waals surface area (Å²) in [5.41, 5.74) is 2.86. The Morgan fingerprint density at radius 2 is 2.17 bits per heavy atom. The van der Waals surface area contributed by atoms with Crippen LogP contribution < -0.4 is 5.32 Å². The van der Waals surface area contributed by atoms with Gasteiger partial charge >= 0.3 is 0 Å². The number of likely N-dealkylation sites (tertiary alicyclic amines) is 1. The van der Waals surface area contributed by atoms with E-state index < -0.39 is 0 Å². The zero-order valence-electron chi connectivity index (χ0n) is 14.9. The fraction of sp³-hybridized carbons (Fsp3) is 0.632. The van der Waals surface area contributed by atoms with Gasteiger partial charge in [0.25, 0.3) is 0 Å². The van der Waals surface area contributed by atoms with Gasteiger partial charge in [-0.2, -0.15) is 0 Å². The number of aliphatic imine (C=N–C) groups is 1. The summed E-state index contributed by atoms with van der Waals surface area (Å²) in [4.78, 5) is 6.87. The van der Waals surface area contributed by atoms with Crippen LogP contribution in [0.25, 0.3) is 0 Å². The molecule has 0 bridgehead atoms. The molecule has 0 aromatic heterocycles. The summed E-state index contributed by atoms with van der Waals surface area (Å²) in [7, 11) is 1.87. The molecule has 132 valence electrons. The van der Waals surface area contributed by atoms with Crippen molar-refractivity contribution in [2.45, 2.75) is 32.9 Å². The van der Waals surface area contributed by atoms with Gasteiger partial charge < -0.3 is 19.7 Å². The minimum atomic E-state index is 0.352. The molecule has 1 N–H and O–H groups in total. The van der Waals surface area contributed by atoms with Gasteiger partial charge in [-0.05, 0) is 30.9 Å². The minimum absolute atomic E-state index is 0.352. The lowest BCUT2D eigenvalue weighted by molar-refractivity contribution is 0.133. The average molecular weight is 331 g/mol. The van der Waals surface area contributed by atoms with Crippen LogP contribution in [-0.2, 0) is 22.6 Å². The first kappa shape index (κ1) is 17.2. The van der Waals surface area contributed by atoms with E-state index in [0.29, 0.717) is 12.0 Å². The molecule has 2 saturated heterocycles. The third kappa shape index (κ3) is 3.90. The first-order valence-electron chi connectivity index (χ1n) is 8.94. The second-order valence-corrected chi connectivity index (χ2v) is 6.78. The lowest BCUT2D eigenvalue weighted by atomic mass is 9.87. The molecule has 1 spiro atoms. The Balaban J connectivity index is 1.59. The number of hydrogen-bond donors (Lipinski definition) is 1. The van der Waals surface area contributed by atoms with Crippen molar-refractivity contribution in [3.8, 4) is 0 Å². The normalized spacial score (nSPS) is 24.1. The largest absolute Gasteiger partial charge is 0.381 e. The zero-order chi connectivity index (χ0) is 16.8. The van der Waals surface area contributed by atoms with Gasteiger partial charge in [0.2, 0.25) is 0 Å². The highest BCUT2D eigenvalue weighted by molar-refractivity contribution is 5.80. The second kappa shape index (κ2) is 7.99. The van der Waals surface area contributed by atoms with Gasteiger partial charge in [-0.3, -0.25) is 4.99 Å². The van der Waals surface area contributed by atoms with E-state index in [9.17, 15) is 0 Å². The van der Waals surface area contributed by atoms with Gasteiger partial charge in [0, 0.05) is 45.3 Å². The van der Waals surface area contributed by atoms with Crippen molar-refractivity contribution in [3.05, 3.63) is 35.4 Å². The van der Waals surface area contributed by atoms with E-state index in [2.05, 4.69) is 39.5 Å². The summed E-state index contributed by atoms with van der Waals surface area (Å²) in [6, 6.07) is 8.44. The van der Waals surface area contributed by atoms with Crippen molar-refractivity contribution >= 4 is 5.96 Å². The fourth-order valence-corrected chi connectivity index (χ4v) is 3.68. The third-order valence-corrected chi connectivity index (χ3v) is 5.15. The lowest BCUT2D eigenvalue weighted by Crippen LogP contribution is -2.41. The summed E-state index contributed by atoms with van der Waals surface area (Å²) < 4.78 is 11.2. The molecular weight excluding hydrogens is 302 g/mol. The predicted molar refractivity (Wildman–Crippen MR) is 96.0 cm³/mol. The van der Waals surface area contributed by atoms with Crippen molar-refractivity contribution in [1.29, 1.82) is 0 Å². The van der Waals surface area contributed by atoms with Crippen LogP contribution in [-0.4, -0.2) is 50.8 Å². The van der Waals surface area contributed by atoms with Crippen LogP contribution in [0, 0.1) is 5.41 Å². The van der Waals surface area contributed by atoms with Crippen LogP contribution >= 0.6 is 0 Å². The number of hydrogen-bond acceptors (Lipinski definition) is 3. The van der Waals surface area contributed by atoms with Crippen molar-refractivity contribution in [2.75, 3.05) is 40.0 Å². The summed E-state index contributed by atoms with van der Waals surface area (Å²) in [5, 5.41) is 3.53. The SMILES string of the molecule is CCOCc1ccccc1CNC(=NC)N1CCC2(CCOC2)C1. The molecule has 1 aromatic carbocycles. The molecule has 3 rings (SSSR count). The smallest absolute Gasteiger partial charge is 0.193 e. The van der Waals surface area contributed by atoms with E-state index in [1.165, 1.54) is 24.0 Å². The van der Waals surface area contributed by atoms with Crippen LogP contribution in [0.5, 0.6) is 0 Å². The Kier molecular flexibility index (Phi) is 5.74. The number of nitrogens with one attached hydrogen (secondary N) is 1. The minimum Gasteiger partial charge on any atom is -0.381 e. The Morgan fingerprint density at radius 1 is 1.33 bits per heavy atom. The highest BCUT2D eigenvalue weighted by Gasteiger charge is 2.42. The van der Waals surface area contributed by atoms with E-state index in [1.807, 2.05) is 14.0 Å². The summed E-state index contributed by atoms with van der Waals surface area (Å²) in [6.07, 6.45) is 2.38. The maximum Gasteiger partial charge on any atom is 0.193 e. The van der Waals surface area contributed by atoms with E-state index in [-0.39, 0.29) is 0 Å². The first-order valence-corrected chi connectivity index (χ1v) is 8.94. The maximum absolute atomic E-state index is 5.63. The van der Waals surface area contributed by atoms with Crippen LogP contribution in [0.2, 0.25) is 0 Å². The standard InChI is InChI=1S/C19H29N3O2/c1-3-23-13-17-7-5-4-6-16(17)12-21-18(20-2)22-10-8-19(14-22)9-11-24-15-19/h4-7H,3,8-15H2,1-2H3,(H,20,21). The number of guanidine groups is 1. The molecule has 2 aliphatic rings. The van der Waals surface area contributed by atoms with Crippen molar-refractivity contribution in [1.82, 2.24) is 10.2 Å². The van der Waals surface area contributed by atoms with E-state index in [1.54, 1.807) is 0 Å². The molecule has 1 unspecified atom stereocenters. The van der Waals surface area contributed by atoms with E-state index >= 15 is 0 Å². The fourth-order valence-electron chi connectivity index (χ4n) is 3.68. The summed E-state index contributed by atoms with van der Waals surface area (Å²) >= 11 is 0. The Hall–Kier alpha value is -1.59. The summed E-state index contributed by atoms with van der Waals surface area (Å²) in [5.74, 6) is 0.991. The Morgan fingerprint density at radius 3 is 2.88 bits per heavy atom. The molecular formula is C19H29N3O2. The quantitative estimate of drug-likeness (QED) is 0.665. The van der Waals surface area contributed by atoms with Gasteiger partial charge in [-0.25, -0.2) is 0 Å². The van der Waals surface area contributed by atoms with Gasteiger partial charge in [-0.15, -0.1) is 0 Å². The number of benzene rings is 1. The van der Waals surface area contributed by atoms with Gasteiger partial charge in [0.1, 0.15) is 0 Å². The van der Waals surface area contributed by atoms with Crippen LogP contribution in [0.1, 0.15) is 30.9 Å². The molecule has 5 nitrogen and oxygen atoms in total. The Labute approximate surface area is 145 Å². The summed E-state index contributed by atoms with van der Waals surface area (Å²) in [6.45, 7) is 8.12. The van der Waals surface area contributed by atoms with Crippen LogP contribution in [0.4, 0.5) is 0 Å². The van der Waals surface area contributed by atoms with Crippen LogP contribution in [0.3, 0.4) is 0 Å². The van der Waals surface area contributed by atoms with Gasteiger partial charge in [0.15, 0.2) is 5.96 Å². The Bertz CT molecular complexity index is 567. The molecule has 2 aliphatic heterocycles. The van der Waals surface area contributed by atoms with Gasteiger partial charge in [-0.1, -0.05) is 24.3 Å². The molecule has 0 aliphatic carbocycles. The van der Waals surface area contributed by atoms with Gasteiger partial charge in [0.05, 0.1) is 13.2 Å². The average Bonchev–Trinajstić information content (AvgIpc) is 3.25. The molecule has 0 amide bonds. The second-order valence-electron chi connectivity index (χ2n) is 6.78. The topological polar surface area (TPSA) is 46.1 Å². The predicted octanol–water partition coefficient (Wildman–Crippen LogP) is 2.41. The maximum atomic E-state index is 5.63. The monoisotopic (exact) mass is 331 g/mol. The molecule has 24 heavy (non-hydrogen) atoms. The van der Waals surface area contributed by atoms with Crippen molar-refractivity contribution < 1.29 is 9.47 Å². The van der Waals surface area contributed by atoms with Crippen LogP contribution in [0.15, 0.2) is 29.3 Å². The van der Waals surface area contributed by atoms with Crippen molar-refractivity contribution in [3.63, 3.8) is 0 Å². The lowest BCUT2D eigenvalue weighted by Gasteiger charge is -2.25. The number of rotatable bonds is 5. The molecule has 1 atom stereocenters. The molecule has 1 aromatic rings. The molecule has 0 saturated carbocycles. The zero-order valence-corrected chi connectivity index (χ0v) is 14.9. The van der Waals surface area contributed by atoms with E-state index in [4.69, 9.17) is 9.47 Å². The third-order valence-electron chi connectivity index (χ3n) is 5.15. The van der Waals surface area contributed by atoms with Crippen molar-refractivity contribution in [2.24, 2.45) is 10.4 Å². The number of ether oxygens (including phenoxy) is 2. The molecule has 0 radical (unpaired) electrons. The van der Waals surface area contributed by atoms with E-state index in [0.717, 1.165) is 45.4 Å².